The number of rotatable bonds is 8. The molecule has 0 amide bonds. The topological polar surface area (TPSA) is 26.0 Å². The SMILES string of the molecule is CCCCCCCCCC1CCCCCC1N. The van der Waals surface area contributed by atoms with E-state index in [1.807, 2.05) is 0 Å². The average Bonchev–Trinajstić information content (AvgIpc) is 2.53. The van der Waals surface area contributed by atoms with Crippen LogP contribution < -0.4 is 5.73 Å². The number of nitrogens with two attached hydrogens (primary N) is 1. The summed E-state index contributed by atoms with van der Waals surface area (Å²) in [6.07, 6.45) is 18.3. The van der Waals surface area contributed by atoms with Gasteiger partial charge in [-0.2, -0.15) is 0 Å². The molecule has 0 aromatic carbocycles. The lowest BCUT2D eigenvalue weighted by atomic mass is 9.90. The van der Waals surface area contributed by atoms with Gasteiger partial charge in [0.1, 0.15) is 0 Å². The van der Waals surface area contributed by atoms with Crippen molar-refractivity contribution in [3.8, 4) is 0 Å². The van der Waals surface area contributed by atoms with Crippen LogP contribution in [0.25, 0.3) is 0 Å². The monoisotopic (exact) mass is 239 g/mol. The van der Waals surface area contributed by atoms with Crippen LogP contribution in [0, 0.1) is 5.92 Å². The van der Waals surface area contributed by atoms with Crippen LogP contribution in [0.15, 0.2) is 0 Å². The highest BCUT2D eigenvalue weighted by atomic mass is 14.6. The standard InChI is InChI=1S/C16H33N/c1-2-3-4-5-6-7-9-12-15-13-10-8-11-14-16(15)17/h15-16H,2-14,17H2,1H3. The van der Waals surface area contributed by atoms with E-state index in [-0.39, 0.29) is 0 Å². The normalized spacial score (nSPS) is 25.8. The van der Waals surface area contributed by atoms with Crippen molar-refractivity contribution in [2.24, 2.45) is 11.7 Å². The smallest absolute Gasteiger partial charge is 0.00671 e. The third-order valence-corrected chi connectivity index (χ3v) is 4.40. The average molecular weight is 239 g/mol. The van der Waals surface area contributed by atoms with E-state index in [1.165, 1.54) is 83.5 Å². The van der Waals surface area contributed by atoms with Gasteiger partial charge in [-0.1, -0.05) is 71.1 Å². The van der Waals surface area contributed by atoms with Crippen molar-refractivity contribution in [2.75, 3.05) is 0 Å². The zero-order valence-corrected chi connectivity index (χ0v) is 11.9. The Morgan fingerprint density at radius 1 is 0.824 bits per heavy atom. The summed E-state index contributed by atoms with van der Waals surface area (Å²) >= 11 is 0. The van der Waals surface area contributed by atoms with Crippen LogP contribution in [-0.4, -0.2) is 6.04 Å². The second-order valence-electron chi connectivity index (χ2n) is 5.97. The van der Waals surface area contributed by atoms with Crippen LogP contribution in [0.5, 0.6) is 0 Å². The van der Waals surface area contributed by atoms with Gasteiger partial charge in [0.15, 0.2) is 0 Å². The summed E-state index contributed by atoms with van der Waals surface area (Å²) in [5.41, 5.74) is 6.26. The van der Waals surface area contributed by atoms with Crippen LogP contribution in [0.1, 0.15) is 90.4 Å². The molecule has 2 unspecified atom stereocenters. The van der Waals surface area contributed by atoms with E-state index in [0.717, 1.165) is 5.92 Å². The van der Waals surface area contributed by atoms with Gasteiger partial charge in [-0.05, 0) is 25.2 Å². The largest absolute Gasteiger partial charge is 0.327 e. The van der Waals surface area contributed by atoms with Crippen molar-refractivity contribution in [1.82, 2.24) is 0 Å². The molecule has 0 bridgehead atoms. The molecule has 2 atom stereocenters. The lowest BCUT2D eigenvalue weighted by Gasteiger charge is -2.21. The minimum atomic E-state index is 0.512. The third-order valence-electron chi connectivity index (χ3n) is 4.40. The Morgan fingerprint density at radius 2 is 1.47 bits per heavy atom. The molecule has 1 nitrogen and oxygen atoms in total. The molecule has 102 valence electrons. The van der Waals surface area contributed by atoms with Crippen LogP contribution in [-0.2, 0) is 0 Å². The van der Waals surface area contributed by atoms with E-state index < -0.39 is 0 Å². The summed E-state index contributed by atoms with van der Waals surface area (Å²) in [5, 5.41) is 0. The van der Waals surface area contributed by atoms with Crippen LogP contribution in [0.4, 0.5) is 0 Å². The van der Waals surface area contributed by atoms with Gasteiger partial charge in [0.2, 0.25) is 0 Å². The molecule has 2 N–H and O–H groups in total. The second-order valence-corrected chi connectivity index (χ2v) is 5.97. The Labute approximate surface area is 109 Å². The Bertz CT molecular complexity index is 167. The van der Waals surface area contributed by atoms with Gasteiger partial charge in [-0.15, -0.1) is 0 Å². The molecular weight excluding hydrogens is 206 g/mol. The number of hydrogen-bond acceptors (Lipinski definition) is 1. The maximum atomic E-state index is 6.26. The highest BCUT2D eigenvalue weighted by Crippen LogP contribution is 2.26. The minimum Gasteiger partial charge on any atom is -0.327 e. The third kappa shape index (κ3) is 7.08. The van der Waals surface area contributed by atoms with Crippen LogP contribution in [0.2, 0.25) is 0 Å². The predicted octanol–water partition coefficient (Wildman–Crippen LogP) is 5.03. The summed E-state index contributed by atoms with van der Waals surface area (Å²) < 4.78 is 0. The molecule has 0 radical (unpaired) electrons. The van der Waals surface area contributed by atoms with Gasteiger partial charge in [-0.3, -0.25) is 0 Å². The van der Waals surface area contributed by atoms with Crippen LogP contribution in [0.3, 0.4) is 0 Å². The lowest BCUT2D eigenvalue weighted by molar-refractivity contribution is 0.357. The van der Waals surface area contributed by atoms with Crippen molar-refractivity contribution < 1.29 is 0 Å². The first kappa shape index (κ1) is 15.0. The van der Waals surface area contributed by atoms with Crippen molar-refractivity contribution in [3.63, 3.8) is 0 Å². The van der Waals surface area contributed by atoms with E-state index >= 15 is 0 Å². The molecule has 1 heteroatoms. The van der Waals surface area contributed by atoms with Gasteiger partial charge in [0.05, 0.1) is 0 Å². The molecule has 1 fully saturated rings. The maximum Gasteiger partial charge on any atom is 0.00671 e. The van der Waals surface area contributed by atoms with Gasteiger partial charge < -0.3 is 5.73 Å². The second kappa shape index (κ2) is 9.94. The van der Waals surface area contributed by atoms with Crippen molar-refractivity contribution in [1.29, 1.82) is 0 Å². The molecule has 0 aromatic rings. The fourth-order valence-electron chi connectivity index (χ4n) is 3.14. The Morgan fingerprint density at radius 3 is 2.24 bits per heavy atom. The summed E-state index contributed by atoms with van der Waals surface area (Å²) in [6, 6.07) is 0.512. The Hall–Kier alpha value is -0.0400. The molecule has 1 saturated carbocycles. The van der Waals surface area contributed by atoms with Gasteiger partial charge in [0, 0.05) is 6.04 Å². The first-order valence-corrected chi connectivity index (χ1v) is 8.10. The van der Waals surface area contributed by atoms with E-state index in [2.05, 4.69) is 6.92 Å². The fourth-order valence-corrected chi connectivity index (χ4v) is 3.14. The Kier molecular flexibility index (Phi) is 8.78. The molecule has 0 spiro atoms. The van der Waals surface area contributed by atoms with E-state index in [9.17, 15) is 0 Å². The quantitative estimate of drug-likeness (QED) is 0.466. The number of unbranched alkanes of at least 4 members (excludes halogenated alkanes) is 6. The maximum absolute atomic E-state index is 6.26. The van der Waals surface area contributed by atoms with E-state index in [4.69, 9.17) is 5.73 Å². The number of hydrogen-bond donors (Lipinski definition) is 1. The van der Waals surface area contributed by atoms with Crippen molar-refractivity contribution in [2.45, 2.75) is 96.4 Å². The molecule has 0 heterocycles. The fraction of sp³-hybridized carbons (Fsp3) is 1.00. The summed E-state index contributed by atoms with van der Waals surface area (Å²) in [4.78, 5) is 0. The first-order chi connectivity index (χ1) is 8.34. The molecule has 1 aliphatic rings. The van der Waals surface area contributed by atoms with Gasteiger partial charge >= 0.3 is 0 Å². The van der Waals surface area contributed by atoms with Crippen LogP contribution >= 0.6 is 0 Å². The Balaban J connectivity index is 1.97. The first-order valence-electron chi connectivity index (χ1n) is 8.10. The molecule has 1 rings (SSSR count). The molecule has 0 aromatic heterocycles. The molecular formula is C16H33N. The predicted molar refractivity (Wildman–Crippen MR) is 77.2 cm³/mol. The zero-order valence-electron chi connectivity index (χ0n) is 11.9. The zero-order chi connectivity index (χ0) is 12.3. The highest BCUT2D eigenvalue weighted by molar-refractivity contribution is 4.76. The van der Waals surface area contributed by atoms with Gasteiger partial charge in [-0.25, -0.2) is 0 Å². The van der Waals surface area contributed by atoms with Crippen molar-refractivity contribution >= 4 is 0 Å². The lowest BCUT2D eigenvalue weighted by Crippen LogP contribution is -2.28. The van der Waals surface area contributed by atoms with Crippen molar-refractivity contribution in [3.05, 3.63) is 0 Å². The summed E-state index contributed by atoms with van der Waals surface area (Å²) in [7, 11) is 0. The molecule has 0 saturated heterocycles. The molecule has 0 aliphatic heterocycles. The summed E-state index contributed by atoms with van der Waals surface area (Å²) in [5.74, 6) is 0.841. The minimum absolute atomic E-state index is 0.512. The van der Waals surface area contributed by atoms with E-state index in [0.29, 0.717) is 6.04 Å². The molecule has 1 aliphatic carbocycles. The molecule has 17 heavy (non-hydrogen) atoms. The van der Waals surface area contributed by atoms with E-state index in [1.54, 1.807) is 0 Å². The van der Waals surface area contributed by atoms with Gasteiger partial charge in [0.25, 0.3) is 0 Å². The highest BCUT2D eigenvalue weighted by Gasteiger charge is 2.19. The summed E-state index contributed by atoms with van der Waals surface area (Å²) in [6.45, 7) is 2.29.